The molecule has 184 valence electrons. The zero-order valence-electron chi connectivity index (χ0n) is 19.5. The van der Waals surface area contributed by atoms with E-state index in [1.165, 1.54) is 0 Å². The fourth-order valence-corrected chi connectivity index (χ4v) is 2.70. The molecule has 0 saturated carbocycles. The zero-order valence-corrected chi connectivity index (χ0v) is 19.5. The second kappa shape index (κ2) is 13.5. The SMILES string of the molecule is CC(C)C[C@H](NC(=O)[C@@H](N)CC(=O)OC(C)(C)C)C(=O)N[C@@H](CCCNC(=N)N)C(=O)O. The van der Waals surface area contributed by atoms with E-state index in [-0.39, 0.29) is 37.7 Å². The third kappa shape index (κ3) is 13.4. The lowest BCUT2D eigenvalue weighted by Gasteiger charge is -2.24. The largest absolute Gasteiger partial charge is 0.480 e. The van der Waals surface area contributed by atoms with Gasteiger partial charge in [-0.15, -0.1) is 0 Å². The van der Waals surface area contributed by atoms with E-state index in [9.17, 15) is 24.3 Å². The van der Waals surface area contributed by atoms with Gasteiger partial charge in [-0.1, -0.05) is 13.8 Å². The molecule has 0 spiro atoms. The Kier molecular flexibility index (Phi) is 12.3. The highest BCUT2D eigenvalue weighted by molar-refractivity contribution is 5.93. The molecule has 0 aromatic rings. The summed E-state index contributed by atoms with van der Waals surface area (Å²) in [7, 11) is 0. The van der Waals surface area contributed by atoms with Crippen molar-refractivity contribution in [2.45, 2.75) is 84.0 Å². The van der Waals surface area contributed by atoms with Crippen molar-refractivity contribution in [1.29, 1.82) is 5.41 Å². The molecule has 0 fully saturated rings. The van der Waals surface area contributed by atoms with Gasteiger partial charge in [-0.25, -0.2) is 4.79 Å². The van der Waals surface area contributed by atoms with Gasteiger partial charge in [0.2, 0.25) is 11.8 Å². The molecule has 0 aliphatic carbocycles. The average Bonchev–Trinajstić information content (AvgIpc) is 2.60. The summed E-state index contributed by atoms with van der Waals surface area (Å²) in [5.74, 6) is -3.47. The number of esters is 1. The average molecular weight is 459 g/mol. The molecule has 3 atom stereocenters. The molecule has 0 unspecified atom stereocenters. The van der Waals surface area contributed by atoms with Crippen LogP contribution in [-0.2, 0) is 23.9 Å². The summed E-state index contributed by atoms with van der Waals surface area (Å²) >= 11 is 0. The molecule has 9 N–H and O–H groups in total. The lowest BCUT2D eigenvalue weighted by Crippen LogP contribution is -2.55. The number of aliphatic carboxylic acids is 1. The minimum absolute atomic E-state index is 0.0103. The Labute approximate surface area is 188 Å². The summed E-state index contributed by atoms with van der Waals surface area (Å²) in [5.41, 5.74) is 10.2. The van der Waals surface area contributed by atoms with Crippen LogP contribution in [0.15, 0.2) is 0 Å². The van der Waals surface area contributed by atoms with Crippen molar-refractivity contribution < 1.29 is 29.0 Å². The van der Waals surface area contributed by atoms with E-state index in [0.29, 0.717) is 6.42 Å². The number of ether oxygens (including phenoxy) is 1. The van der Waals surface area contributed by atoms with Gasteiger partial charge in [0.05, 0.1) is 12.5 Å². The van der Waals surface area contributed by atoms with Crippen LogP contribution < -0.4 is 27.4 Å². The van der Waals surface area contributed by atoms with E-state index in [1.807, 2.05) is 13.8 Å². The van der Waals surface area contributed by atoms with Crippen LogP contribution in [0.4, 0.5) is 0 Å². The Morgan fingerprint density at radius 3 is 2.09 bits per heavy atom. The minimum atomic E-state index is -1.22. The van der Waals surface area contributed by atoms with Gasteiger partial charge in [-0.3, -0.25) is 19.8 Å². The van der Waals surface area contributed by atoms with Gasteiger partial charge >= 0.3 is 11.9 Å². The first-order valence-electron chi connectivity index (χ1n) is 10.5. The molecule has 12 heteroatoms. The molecule has 0 aliphatic heterocycles. The molecule has 0 aromatic carbocycles. The monoisotopic (exact) mass is 458 g/mol. The standard InChI is InChI=1S/C20H38N6O6/c1-11(2)9-14(26-16(28)12(21)10-15(27)32-20(3,4)5)17(29)25-13(18(30)31)7-6-8-24-19(22)23/h11-14H,6-10,21H2,1-5H3,(H,25,29)(H,26,28)(H,30,31)(H4,22,23,24)/t12-,13-,14-/m0/s1. The number of amides is 2. The van der Waals surface area contributed by atoms with Gasteiger partial charge in [-0.05, 0) is 46.0 Å². The Hall–Kier alpha value is -2.89. The highest BCUT2D eigenvalue weighted by Gasteiger charge is 2.29. The van der Waals surface area contributed by atoms with E-state index in [4.69, 9.17) is 21.6 Å². The number of nitrogens with two attached hydrogens (primary N) is 2. The quantitative estimate of drug-likeness (QED) is 0.0812. The highest BCUT2D eigenvalue weighted by atomic mass is 16.6. The highest BCUT2D eigenvalue weighted by Crippen LogP contribution is 2.10. The summed E-state index contributed by atoms with van der Waals surface area (Å²) in [5, 5.41) is 24.0. The number of carbonyl (C=O) groups is 4. The number of carboxylic acids is 1. The maximum atomic E-state index is 12.7. The van der Waals surface area contributed by atoms with E-state index in [1.54, 1.807) is 20.8 Å². The molecule has 32 heavy (non-hydrogen) atoms. The molecule has 2 amide bonds. The van der Waals surface area contributed by atoms with Crippen LogP contribution in [0.5, 0.6) is 0 Å². The number of hydrogen-bond donors (Lipinski definition) is 7. The van der Waals surface area contributed by atoms with E-state index in [0.717, 1.165) is 0 Å². The van der Waals surface area contributed by atoms with E-state index in [2.05, 4.69) is 16.0 Å². The second-order valence-electron chi connectivity index (χ2n) is 8.97. The lowest BCUT2D eigenvalue weighted by molar-refractivity contribution is -0.156. The van der Waals surface area contributed by atoms with Crippen LogP contribution in [0.3, 0.4) is 0 Å². The van der Waals surface area contributed by atoms with Crippen LogP contribution in [-0.4, -0.2) is 65.1 Å². The Morgan fingerprint density at radius 2 is 1.62 bits per heavy atom. The third-order valence-electron chi connectivity index (χ3n) is 4.08. The number of nitrogens with one attached hydrogen (secondary N) is 4. The van der Waals surface area contributed by atoms with Gasteiger partial charge in [-0.2, -0.15) is 0 Å². The van der Waals surface area contributed by atoms with Crippen LogP contribution >= 0.6 is 0 Å². The van der Waals surface area contributed by atoms with Crippen molar-refractivity contribution in [2.24, 2.45) is 17.4 Å². The van der Waals surface area contributed by atoms with Crippen LogP contribution in [0, 0.1) is 11.3 Å². The Bertz CT molecular complexity index is 676. The van der Waals surface area contributed by atoms with Gasteiger partial charge in [0.15, 0.2) is 5.96 Å². The summed E-state index contributed by atoms with van der Waals surface area (Å²) in [6.07, 6.45) is 0.329. The number of carbonyl (C=O) groups excluding carboxylic acids is 3. The molecular formula is C20H38N6O6. The van der Waals surface area contributed by atoms with E-state index < -0.39 is 47.5 Å². The van der Waals surface area contributed by atoms with E-state index >= 15 is 0 Å². The summed E-state index contributed by atoms with van der Waals surface area (Å²) < 4.78 is 5.15. The molecular weight excluding hydrogens is 420 g/mol. The van der Waals surface area contributed by atoms with Crippen molar-refractivity contribution >= 4 is 29.7 Å². The molecule has 0 aliphatic rings. The predicted octanol–water partition coefficient (Wildman–Crippen LogP) is -0.591. The van der Waals surface area contributed by atoms with Crippen LogP contribution in [0.2, 0.25) is 0 Å². The van der Waals surface area contributed by atoms with Gasteiger partial charge < -0.3 is 37.3 Å². The smallest absolute Gasteiger partial charge is 0.326 e. The van der Waals surface area contributed by atoms with Gasteiger partial charge in [0, 0.05) is 6.54 Å². The van der Waals surface area contributed by atoms with Crippen LogP contribution in [0.25, 0.3) is 0 Å². The van der Waals surface area contributed by atoms with Crippen molar-refractivity contribution in [3.8, 4) is 0 Å². The third-order valence-corrected chi connectivity index (χ3v) is 4.08. The number of rotatable bonds is 13. The zero-order chi connectivity index (χ0) is 25.1. The molecule has 0 radical (unpaired) electrons. The summed E-state index contributed by atoms with van der Waals surface area (Å²) in [6, 6.07) is -3.43. The molecule has 0 rings (SSSR count). The first-order chi connectivity index (χ1) is 14.6. The first-order valence-corrected chi connectivity index (χ1v) is 10.5. The normalized spacial score (nSPS) is 14.1. The predicted molar refractivity (Wildman–Crippen MR) is 119 cm³/mol. The number of guanidine groups is 1. The summed E-state index contributed by atoms with van der Waals surface area (Å²) in [6.45, 7) is 9.03. The molecule has 0 bridgehead atoms. The molecule has 0 saturated heterocycles. The van der Waals surface area contributed by atoms with Crippen molar-refractivity contribution in [2.75, 3.05) is 6.54 Å². The number of hydrogen-bond acceptors (Lipinski definition) is 7. The fraction of sp³-hybridized carbons (Fsp3) is 0.750. The van der Waals surface area contributed by atoms with Crippen molar-refractivity contribution in [3.63, 3.8) is 0 Å². The maximum absolute atomic E-state index is 12.7. The first kappa shape index (κ1) is 29.1. The lowest BCUT2D eigenvalue weighted by atomic mass is 10.0. The second-order valence-corrected chi connectivity index (χ2v) is 8.97. The molecule has 0 heterocycles. The molecule has 0 aromatic heterocycles. The van der Waals surface area contributed by atoms with Crippen molar-refractivity contribution in [1.82, 2.24) is 16.0 Å². The fourth-order valence-electron chi connectivity index (χ4n) is 2.70. The Balaban J connectivity index is 5.03. The minimum Gasteiger partial charge on any atom is -0.480 e. The number of carboxylic acid groups (broad SMARTS) is 1. The topological polar surface area (TPSA) is 210 Å². The van der Waals surface area contributed by atoms with Gasteiger partial charge in [0.25, 0.3) is 0 Å². The summed E-state index contributed by atoms with van der Waals surface area (Å²) in [4.78, 5) is 48.6. The van der Waals surface area contributed by atoms with Crippen LogP contribution in [0.1, 0.15) is 60.3 Å². The van der Waals surface area contributed by atoms with Gasteiger partial charge in [0.1, 0.15) is 17.7 Å². The molecule has 12 nitrogen and oxygen atoms in total. The maximum Gasteiger partial charge on any atom is 0.326 e. The van der Waals surface area contributed by atoms with Crippen molar-refractivity contribution in [3.05, 3.63) is 0 Å². The Morgan fingerprint density at radius 1 is 1.06 bits per heavy atom.